The topological polar surface area (TPSA) is 97.4 Å². The van der Waals surface area contributed by atoms with Gasteiger partial charge in [0, 0.05) is 32.3 Å². The third-order valence-electron chi connectivity index (χ3n) is 2.90. The van der Waals surface area contributed by atoms with Crippen molar-refractivity contribution >= 4 is 40.5 Å². The Labute approximate surface area is 141 Å². The SMILES string of the molecule is CO[C@H]1[C@@H](OC(C)=O)[C@@H](OC(C)=O)O[C@@H](CI)[C@H]1OC(C)=O. The summed E-state index contributed by atoms with van der Waals surface area (Å²) < 4.78 is 26.9. The largest absolute Gasteiger partial charge is 0.457 e. The molecule has 0 unspecified atom stereocenters. The summed E-state index contributed by atoms with van der Waals surface area (Å²) in [6.45, 7) is 3.69. The lowest BCUT2D eigenvalue weighted by Crippen LogP contribution is -2.62. The Kier molecular flexibility index (Phi) is 7.49. The molecule has 0 bridgehead atoms. The van der Waals surface area contributed by atoms with E-state index in [1.54, 1.807) is 0 Å². The highest BCUT2D eigenvalue weighted by molar-refractivity contribution is 14.1. The number of hydrogen-bond acceptors (Lipinski definition) is 8. The molecule has 0 aromatic heterocycles. The number of ether oxygens (including phenoxy) is 5. The minimum atomic E-state index is -1.13. The van der Waals surface area contributed by atoms with Gasteiger partial charge in [-0.25, -0.2) is 0 Å². The standard InChI is InChI=1S/C13H19IO8/c1-6(15)19-10-9(5-14)22-13(21-8(3)17)12(11(10)18-4)20-7(2)16/h9-13H,5H2,1-4H3/t9-,10+,11+,12+,13-/m0/s1. The molecule has 0 aromatic rings. The van der Waals surface area contributed by atoms with Crippen LogP contribution in [0.2, 0.25) is 0 Å². The summed E-state index contributed by atoms with van der Waals surface area (Å²) in [5, 5.41) is 0. The minimum absolute atomic E-state index is 0.458. The number of rotatable bonds is 5. The van der Waals surface area contributed by atoms with Gasteiger partial charge in [0.15, 0.2) is 12.2 Å². The normalized spacial score (nSPS) is 31.2. The molecular formula is C13H19IO8. The van der Waals surface area contributed by atoms with Crippen molar-refractivity contribution in [3.63, 3.8) is 0 Å². The number of carbonyl (C=O) groups excluding carboxylic acids is 3. The second-order valence-electron chi connectivity index (χ2n) is 4.66. The van der Waals surface area contributed by atoms with Gasteiger partial charge in [0.2, 0.25) is 6.29 Å². The first-order valence-electron chi connectivity index (χ1n) is 6.56. The molecule has 8 nitrogen and oxygen atoms in total. The summed E-state index contributed by atoms with van der Waals surface area (Å²) in [5.41, 5.74) is 0. The molecule has 0 amide bonds. The Morgan fingerprint density at radius 1 is 0.909 bits per heavy atom. The van der Waals surface area contributed by atoms with Gasteiger partial charge in [0.25, 0.3) is 0 Å². The van der Waals surface area contributed by atoms with Crippen molar-refractivity contribution in [3.05, 3.63) is 0 Å². The zero-order chi connectivity index (χ0) is 16.9. The number of alkyl halides is 1. The van der Waals surface area contributed by atoms with Gasteiger partial charge in [-0.1, -0.05) is 22.6 Å². The maximum atomic E-state index is 11.3. The predicted molar refractivity (Wildman–Crippen MR) is 81.2 cm³/mol. The maximum Gasteiger partial charge on any atom is 0.305 e. The molecule has 1 aliphatic rings. The van der Waals surface area contributed by atoms with E-state index in [4.69, 9.17) is 23.7 Å². The van der Waals surface area contributed by atoms with E-state index in [-0.39, 0.29) is 0 Å². The lowest BCUT2D eigenvalue weighted by molar-refractivity contribution is -0.292. The molecule has 5 atom stereocenters. The molecule has 1 heterocycles. The van der Waals surface area contributed by atoms with Gasteiger partial charge in [-0.3, -0.25) is 14.4 Å². The third kappa shape index (κ3) is 5.06. The lowest BCUT2D eigenvalue weighted by Gasteiger charge is -2.43. The third-order valence-corrected chi connectivity index (χ3v) is 3.77. The first-order valence-corrected chi connectivity index (χ1v) is 8.08. The highest BCUT2D eigenvalue weighted by atomic mass is 127. The molecular weight excluding hydrogens is 411 g/mol. The summed E-state index contributed by atoms with van der Waals surface area (Å²) in [6, 6.07) is 0. The predicted octanol–water partition coefficient (Wildman–Crippen LogP) is 0.588. The van der Waals surface area contributed by atoms with E-state index in [1.807, 2.05) is 0 Å². The van der Waals surface area contributed by atoms with Gasteiger partial charge >= 0.3 is 17.9 Å². The second kappa shape index (κ2) is 8.63. The summed E-state index contributed by atoms with van der Waals surface area (Å²) in [5.74, 6) is -1.70. The van der Waals surface area contributed by atoms with Gasteiger partial charge in [-0.05, 0) is 0 Å². The zero-order valence-electron chi connectivity index (χ0n) is 12.7. The molecule has 0 saturated carbocycles. The summed E-state index contributed by atoms with van der Waals surface area (Å²) in [7, 11) is 1.39. The van der Waals surface area contributed by atoms with Crippen LogP contribution in [0.5, 0.6) is 0 Å². The molecule has 1 rings (SSSR count). The van der Waals surface area contributed by atoms with Crippen LogP contribution in [0.1, 0.15) is 20.8 Å². The molecule has 0 N–H and O–H groups in total. The van der Waals surface area contributed by atoms with Crippen LogP contribution >= 0.6 is 22.6 Å². The number of methoxy groups -OCH3 is 1. The lowest BCUT2D eigenvalue weighted by atomic mass is 9.99. The van der Waals surface area contributed by atoms with E-state index in [9.17, 15) is 14.4 Å². The Balaban J connectivity index is 3.09. The fourth-order valence-corrected chi connectivity index (χ4v) is 2.89. The average molecular weight is 430 g/mol. The van der Waals surface area contributed by atoms with E-state index in [1.165, 1.54) is 27.9 Å². The summed E-state index contributed by atoms with van der Waals surface area (Å²) in [6.07, 6.45) is -4.32. The van der Waals surface area contributed by atoms with Crippen LogP contribution in [-0.4, -0.2) is 60.2 Å². The highest BCUT2D eigenvalue weighted by Gasteiger charge is 2.51. The highest BCUT2D eigenvalue weighted by Crippen LogP contribution is 2.29. The quantitative estimate of drug-likeness (QED) is 0.271. The number of halogens is 1. The van der Waals surface area contributed by atoms with Crippen LogP contribution < -0.4 is 0 Å². The van der Waals surface area contributed by atoms with E-state index < -0.39 is 48.6 Å². The van der Waals surface area contributed by atoms with E-state index >= 15 is 0 Å². The average Bonchev–Trinajstić information content (AvgIpc) is 2.40. The molecule has 0 spiro atoms. The molecule has 22 heavy (non-hydrogen) atoms. The Morgan fingerprint density at radius 2 is 1.41 bits per heavy atom. The van der Waals surface area contributed by atoms with Crippen molar-refractivity contribution in [2.24, 2.45) is 0 Å². The van der Waals surface area contributed by atoms with Crippen LogP contribution in [0.15, 0.2) is 0 Å². The van der Waals surface area contributed by atoms with Crippen LogP contribution in [0.25, 0.3) is 0 Å². The van der Waals surface area contributed by atoms with Crippen molar-refractivity contribution in [2.45, 2.75) is 51.5 Å². The van der Waals surface area contributed by atoms with Crippen molar-refractivity contribution in [2.75, 3.05) is 11.5 Å². The van der Waals surface area contributed by atoms with Crippen molar-refractivity contribution in [3.8, 4) is 0 Å². The van der Waals surface area contributed by atoms with Crippen molar-refractivity contribution in [1.82, 2.24) is 0 Å². The molecule has 0 radical (unpaired) electrons. The van der Waals surface area contributed by atoms with E-state index in [0.29, 0.717) is 4.43 Å². The van der Waals surface area contributed by atoms with Crippen LogP contribution in [0.3, 0.4) is 0 Å². The monoisotopic (exact) mass is 430 g/mol. The van der Waals surface area contributed by atoms with Gasteiger partial charge in [0.1, 0.15) is 12.2 Å². The summed E-state index contributed by atoms with van der Waals surface area (Å²) >= 11 is 2.05. The maximum absolute atomic E-state index is 11.3. The second-order valence-corrected chi connectivity index (χ2v) is 5.54. The minimum Gasteiger partial charge on any atom is -0.457 e. The van der Waals surface area contributed by atoms with Gasteiger partial charge in [-0.2, -0.15) is 0 Å². The Hall–Kier alpha value is -0.940. The van der Waals surface area contributed by atoms with E-state index in [0.717, 1.165) is 0 Å². The molecule has 1 saturated heterocycles. The van der Waals surface area contributed by atoms with Gasteiger partial charge < -0.3 is 23.7 Å². The smallest absolute Gasteiger partial charge is 0.305 e. The van der Waals surface area contributed by atoms with Crippen molar-refractivity contribution < 1.29 is 38.1 Å². The molecule has 9 heteroatoms. The zero-order valence-corrected chi connectivity index (χ0v) is 14.9. The first-order chi connectivity index (χ1) is 10.3. The van der Waals surface area contributed by atoms with E-state index in [2.05, 4.69) is 22.6 Å². The molecule has 126 valence electrons. The fraction of sp³-hybridized carbons (Fsp3) is 0.769. The molecule has 0 aromatic carbocycles. The van der Waals surface area contributed by atoms with Gasteiger partial charge in [-0.15, -0.1) is 0 Å². The van der Waals surface area contributed by atoms with Gasteiger partial charge in [0.05, 0.1) is 0 Å². The first kappa shape index (κ1) is 19.1. The summed E-state index contributed by atoms with van der Waals surface area (Å²) in [4.78, 5) is 33.8. The van der Waals surface area contributed by atoms with Crippen LogP contribution in [0.4, 0.5) is 0 Å². The molecule has 0 aliphatic carbocycles. The fourth-order valence-electron chi connectivity index (χ4n) is 2.18. The molecule has 1 aliphatic heterocycles. The van der Waals surface area contributed by atoms with Crippen LogP contribution in [-0.2, 0) is 38.1 Å². The Morgan fingerprint density at radius 3 is 1.82 bits per heavy atom. The van der Waals surface area contributed by atoms with Crippen LogP contribution in [0, 0.1) is 0 Å². The van der Waals surface area contributed by atoms with Crippen molar-refractivity contribution in [1.29, 1.82) is 0 Å². The number of hydrogen-bond donors (Lipinski definition) is 0. The molecule has 1 fully saturated rings. The number of carbonyl (C=O) groups is 3. The number of esters is 3. The Bertz CT molecular complexity index is 426.